The van der Waals surface area contributed by atoms with Crippen LogP contribution in [0.25, 0.3) is 0 Å². The highest BCUT2D eigenvalue weighted by molar-refractivity contribution is 7.19. The van der Waals surface area contributed by atoms with Crippen LogP contribution in [-0.4, -0.2) is 25.8 Å². The van der Waals surface area contributed by atoms with E-state index in [0.717, 1.165) is 21.9 Å². The predicted octanol–water partition coefficient (Wildman–Crippen LogP) is 5.89. The number of benzene rings is 4. The largest absolute Gasteiger partial charge is 0.335 e. The van der Waals surface area contributed by atoms with Crippen LogP contribution >= 0.6 is 0 Å². The van der Waals surface area contributed by atoms with E-state index < -0.39 is 29.4 Å². The lowest BCUT2D eigenvalue weighted by molar-refractivity contribution is -0.900. The van der Waals surface area contributed by atoms with Gasteiger partial charge in [0.1, 0.15) is 29.4 Å². The van der Waals surface area contributed by atoms with Crippen LogP contribution in [0.1, 0.15) is 59.3 Å². The van der Waals surface area contributed by atoms with Gasteiger partial charge in [-0.2, -0.15) is 21.9 Å². The monoisotopic (exact) mass is 577 g/mol. The number of hydrogen-bond donors (Lipinski definition) is 1. The van der Waals surface area contributed by atoms with Crippen LogP contribution in [0.3, 0.4) is 0 Å². The number of nitrogens with one attached hydrogen (secondary N) is 1. The second-order valence-electron chi connectivity index (χ2n) is 11.1. The van der Waals surface area contributed by atoms with Gasteiger partial charge < -0.3 is 4.90 Å². The van der Waals surface area contributed by atoms with E-state index in [2.05, 4.69) is 20.8 Å². The molecule has 42 heavy (non-hydrogen) atoms. The van der Waals surface area contributed by atoms with Gasteiger partial charge in [0.15, 0.2) is 0 Å². The van der Waals surface area contributed by atoms with Gasteiger partial charge in [0.25, 0.3) is 0 Å². The molecule has 0 radical (unpaired) electrons. The zero-order chi connectivity index (χ0) is 30.4. The Balaban J connectivity index is 0.000000316. The summed E-state index contributed by atoms with van der Waals surface area (Å²) in [5, 5.41) is 0. The van der Waals surface area contributed by atoms with Crippen molar-refractivity contribution >= 4 is 28.0 Å². The van der Waals surface area contributed by atoms with Crippen LogP contribution in [0.4, 0.5) is 17.6 Å². The van der Waals surface area contributed by atoms with E-state index in [1.807, 2.05) is 4.90 Å². The standard InChI is InChI=1S/C24H16BF4.C12H27N/c26-21-9-1-17(2-10-21)25(18-3-11-22(27)12-4-18,19-5-13-23(28)14-6-19)20-7-15-24(29)16-8-20;1-4-7-10-13(11-8-5-2)12-9-6-3/h1-16H;4-12H2,1-3H3/q-1;/p+1. The maximum absolute atomic E-state index is 13.7. The second kappa shape index (κ2) is 16.9. The van der Waals surface area contributed by atoms with Gasteiger partial charge >= 0.3 is 0 Å². The summed E-state index contributed by atoms with van der Waals surface area (Å²) in [6, 6.07) is 24.1. The highest BCUT2D eigenvalue weighted by Gasteiger charge is 2.32. The Labute approximate surface area is 249 Å². The molecule has 0 unspecified atom stereocenters. The summed E-state index contributed by atoms with van der Waals surface area (Å²) in [5.41, 5.74) is 2.99. The third kappa shape index (κ3) is 8.81. The molecule has 0 bridgehead atoms. The van der Waals surface area contributed by atoms with Crippen molar-refractivity contribution in [3.05, 3.63) is 120 Å². The van der Waals surface area contributed by atoms with Gasteiger partial charge in [-0.1, -0.05) is 88.6 Å². The number of rotatable bonds is 13. The molecule has 0 saturated carbocycles. The molecule has 4 rings (SSSR count). The summed E-state index contributed by atoms with van der Waals surface area (Å²) in [4.78, 5) is 1.84. The van der Waals surface area contributed by atoms with Crippen LogP contribution in [0.15, 0.2) is 97.1 Å². The van der Waals surface area contributed by atoms with Gasteiger partial charge in [-0.15, -0.1) is 0 Å². The number of unbranched alkanes of at least 4 members (excludes halogenated alkanes) is 3. The molecule has 6 heteroatoms. The van der Waals surface area contributed by atoms with Crippen molar-refractivity contribution in [2.24, 2.45) is 0 Å². The molecule has 1 nitrogen and oxygen atoms in total. The molecular weight excluding hydrogens is 533 g/mol. The third-order valence-electron chi connectivity index (χ3n) is 8.13. The first-order valence-corrected chi connectivity index (χ1v) is 15.4. The van der Waals surface area contributed by atoms with Crippen LogP contribution in [0, 0.1) is 23.3 Å². The second-order valence-corrected chi connectivity index (χ2v) is 11.1. The average molecular weight is 578 g/mol. The first kappa shape index (κ1) is 33.1. The van der Waals surface area contributed by atoms with E-state index in [1.165, 1.54) is 107 Å². The Bertz CT molecular complexity index is 1100. The Morgan fingerprint density at radius 1 is 0.405 bits per heavy atom. The third-order valence-corrected chi connectivity index (χ3v) is 8.13. The van der Waals surface area contributed by atoms with Crippen molar-refractivity contribution in [2.75, 3.05) is 19.6 Å². The van der Waals surface area contributed by atoms with Crippen molar-refractivity contribution in [3.63, 3.8) is 0 Å². The van der Waals surface area contributed by atoms with Gasteiger partial charge in [0, 0.05) is 0 Å². The Hall–Kier alpha value is -3.38. The summed E-state index contributed by atoms with van der Waals surface area (Å²) in [6.45, 7) is 11.1. The van der Waals surface area contributed by atoms with E-state index in [9.17, 15) is 17.6 Å². The summed E-state index contributed by atoms with van der Waals surface area (Å²) >= 11 is 0. The molecule has 0 atom stereocenters. The van der Waals surface area contributed by atoms with Crippen molar-refractivity contribution in [1.82, 2.24) is 0 Å². The molecule has 0 fully saturated rings. The lowest BCUT2D eigenvalue weighted by Crippen LogP contribution is -3.12. The maximum atomic E-state index is 13.7. The zero-order valence-corrected chi connectivity index (χ0v) is 25.2. The highest BCUT2D eigenvalue weighted by Crippen LogP contribution is 2.12. The SMILES string of the molecule is CCCC[NH+](CCCC)CCCC.Fc1ccc([B-](c2ccc(F)cc2)(c2ccc(F)cc2)c2ccc(F)cc2)cc1. The normalized spacial score (nSPS) is 11.3. The Morgan fingerprint density at radius 2 is 0.619 bits per heavy atom. The van der Waals surface area contributed by atoms with Crippen LogP contribution in [-0.2, 0) is 0 Å². The van der Waals surface area contributed by atoms with Gasteiger partial charge in [-0.25, -0.2) is 17.6 Å². The minimum atomic E-state index is -1.94. The smallest absolute Gasteiger partial charge is 0.122 e. The molecule has 4 aromatic rings. The molecule has 224 valence electrons. The quantitative estimate of drug-likeness (QED) is 0.149. The van der Waals surface area contributed by atoms with Crippen molar-refractivity contribution in [2.45, 2.75) is 59.3 Å². The first-order valence-electron chi connectivity index (χ1n) is 15.4. The minimum absolute atomic E-state index is 0.393. The molecule has 0 amide bonds. The fourth-order valence-electron chi connectivity index (χ4n) is 5.82. The fraction of sp³-hybridized carbons (Fsp3) is 0.333. The van der Waals surface area contributed by atoms with Crippen LogP contribution < -0.4 is 26.8 Å². The molecule has 0 heterocycles. The van der Waals surface area contributed by atoms with Gasteiger partial charge in [0.2, 0.25) is 0 Å². The maximum Gasteiger partial charge on any atom is 0.122 e. The van der Waals surface area contributed by atoms with Gasteiger partial charge in [-0.3, -0.25) is 0 Å². The van der Waals surface area contributed by atoms with Crippen molar-refractivity contribution < 1.29 is 22.5 Å². The molecule has 0 aromatic heterocycles. The van der Waals surface area contributed by atoms with Crippen LogP contribution in [0.2, 0.25) is 0 Å². The summed E-state index contributed by atoms with van der Waals surface area (Å²) in [7, 11) is 0. The summed E-state index contributed by atoms with van der Waals surface area (Å²) in [5.74, 6) is -1.57. The van der Waals surface area contributed by atoms with E-state index in [1.54, 1.807) is 48.5 Å². The Kier molecular flexibility index (Phi) is 13.3. The lowest BCUT2D eigenvalue weighted by Gasteiger charge is -2.44. The fourth-order valence-corrected chi connectivity index (χ4v) is 5.82. The first-order chi connectivity index (χ1) is 20.3. The van der Waals surface area contributed by atoms with Gasteiger partial charge in [0.05, 0.1) is 19.6 Å². The molecular formula is C36H44BF4N. The highest BCUT2D eigenvalue weighted by atomic mass is 19.1. The number of halogens is 4. The van der Waals surface area contributed by atoms with Crippen LogP contribution in [0.5, 0.6) is 0 Å². The molecule has 1 N–H and O–H groups in total. The van der Waals surface area contributed by atoms with E-state index in [-0.39, 0.29) is 0 Å². The lowest BCUT2D eigenvalue weighted by atomic mass is 9.13. The molecule has 0 aliphatic heterocycles. The number of hydrogen-bond acceptors (Lipinski definition) is 0. The zero-order valence-electron chi connectivity index (χ0n) is 25.2. The molecule has 0 spiro atoms. The molecule has 0 aliphatic rings. The molecule has 4 aromatic carbocycles. The van der Waals surface area contributed by atoms with E-state index in [4.69, 9.17) is 0 Å². The predicted molar refractivity (Wildman–Crippen MR) is 170 cm³/mol. The Morgan fingerprint density at radius 3 is 0.810 bits per heavy atom. The summed E-state index contributed by atoms with van der Waals surface area (Å²) < 4.78 is 54.8. The topological polar surface area (TPSA) is 4.44 Å². The van der Waals surface area contributed by atoms with Crippen molar-refractivity contribution in [3.8, 4) is 0 Å². The minimum Gasteiger partial charge on any atom is -0.335 e. The van der Waals surface area contributed by atoms with E-state index in [0.29, 0.717) is 0 Å². The number of quaternary nitrogens is 1. The van der Waals surface area contributed by atoms with Crippen molar-refractivity contribution in [1.29, 1.82) is 0 Å². The summed E-state index contributed by atoms with van der Waals surface area (Å²) in [6.07, 6.45) is 6.32. The van der Waals surface area contributed by atoms with Gasteiger partial charge in [-0.05, 0) is 67.8 Å². The molecule has 0 saturated heterocycles. The molecule has 0 aliphatic carbocycles. The van der Waals surface area contributed by atoms with E-state index >= 15 is 0 Å². The average Bonchev–Trinajstić information content (AvgIpc) is 3.01.